The van der Waals surface area contributed by atoms with Crippen LogP contribution in [0.5, 0.6) is 11.6 Å². The van der Waals surface area contributed by atoms with Crippen molar-refractivity contribution in [2.24, 2.45) is 0 Å². The molecule has 0 bridgehead atoms. The summed E-state index contributed by atoms with van der Waals surface area (Å²) in [6.07, 6.45) is -0.493. The molecule has 0 aliphatic rings. The second kappa shape index (κ2) is 12.4. The molecule has 4 aromatic rings. The number of hydrogen-bond acceptors (Lipinski definition) is 7. The number of carbonyl (C=O) groups excluding carboxylic acids is 1. The van der Waals surface area contributed by atoms with Gasteiger partial charge in [-0.05, 0) is 68.8 Å². The molecule has 8 nitrogen and oxygen atoms in total. The number of amides is 1. The van der Waals surface area contributed by atoms with Crippen LogP contribution in [0.3, 0.4) is 0 Å². The van der Waals surface area contributed by atoms with Gasteiger partial charge in [0.15, 0.2) is 5.16 Å². The molecule has 0 unspecified atom stereocenters. The molecule has 0 saturated heterocycles. The average molecular weight is 583 g/mol. The third-order valence-corrected chi connectivity index (χ3v) is 6.78. The third-order valence-electron chi connectivity index (χ3n) is 5.83. The first kappa shape index (κ1) is 29.5. The molecule has 0 saturated carbocycles. The van der Waals surface area contributed by atoms with Gasteiger partial charge in [0.25, 0.3) is 5.91 Å². The number of thioether (sulfide) groups is 1. The zero-order chi connectivity index (χ0) is 29.7. The van der Waals surface area contributed by atoms with E-state index in [9.17, 15) is 27.9 Å². The van der Waals surface area contributed by atoms with Crippen LogP contribution >= 0.6 is 11.8 Å². The van der Waals surface area contributed by atoms with Crippen LogP contribution in [-0.4, -0.2) is 38.0 Å². The Morgan fingerprint density at radius 2 is 1.71 bits per heavy atom. The van der Waals surface area contributed by atoms with Crippen LogP contribution in [0.1, 0.15) is 51.3 Å². The quantitative estimate of drug-likeness (QED) is 0.166. The molecule has 0 spiro atoms. The lowest BCUT2D eigenvalue weighted by atomic mass is 10.1. The van der Waals surface area contributed by atoms with Crippen molar-refractivity contribution in [3.8, 4) is 11.6 Å². The van der Waals surface area contributed by atoms with Gasteiger partial charge in [-0.1, -0.05) is 29.5 Å². The SMILES string of the molecule is Cc1ccc(C(=O)N(c2ccc(Oc3ncc(CSc4ncccn4)cc3C(F)(F)F)cc2C(=O)O)C(C)C)cc1. The molecule has 0 atom stereocenters. The number of pyridine rings is 1. The highest BCUT2D eigenvalue weighted by Crippen LogP contribution is 2.39. The Hall–Kier alpha value is -4.45. The Morgan fingerprint density at radius 3 is 2.32 bits per heavy atom. The Bertz CT molecular complexity index is 1550. The van der Waals surface area contributed by atoms with Crippen molar-refractivity contribution in [3.05, 3.63) is 101 Å². The van der Waals surface area contributed by atoms with Gasteiger partial charge in [-0.15, -0.1) is 0 Å². The molecule has 0 radical (unpaired) electrons. The third kappa shape index (κ3) is 7.20. The van der Waals surface area contributed by atoms with Crippen LogP contribution in [0, 0.1) is 6.92 Å². The van der Waals surface area contributed by atoms with Gasteiger partial charge in [0.2, 0.25) is 5.88 Å². The second-order valence-corrected chi connectivity index (χ2v) is 10.2. The fourth-order valence-corrected chi connectivity index (χ4v) is 4.62. The maximum absolute atomic E-state index is 13.9. The fraction of sp³-hybridized carbons (Fsp3) is 0.207. The minimum Gasteiger partial charge on any atom is -0.478 e. The van der Waals surface area contributed by atoms with E-state index in [0.717, 1.165) is 29.5 Å². The van der Waals surface area contributed by atoms with Gasteiger partial charge in [-0.25, -0.2) is 19.7 Å². The zero-order valence-corrected chi connectivity index (χ0v) is 23.0. The molecule has 1 N–H and O–H groups in total. The Balaban J connectivity index is 1.65. The first-order valence-corrected chi connectivity index (χ1v) is 13.3. The van der Waals surface area contributed by atoms with Crippen LogP contribution < -0.4 is 9.64 Å². The Labute approximate surface area is 238 Å². The number of anilines is 1. The number of rotatable bonds is 9. The minimum atomic E-state index is -4.79. The number of hydrogen-bond donors (Lipinski definition) is 1. The van der Waals surface area contributed by atoms with Crippen molar-refractivity contribution in [1.82, 2.24) is 15.0 Å². The first-order chi connectivity index (χ1) is 19.4. The Morgan fingerprint density at radius 1 is 1.02 bits per heavy atom. The van der Waals surface area contributed by atoms with Crippen LogP contribution in [-0.2, 0) is 11.9 Å². The van der Waals surface area contributed by atoms with E-state index >= 15 is 0 Å². The number of benzene rings is 2. The number of ether oxygens (including phenoxy) is 1. The molecule has 4 rings (SSSR count). The lowest BCUT2D eigenvalue weighted by Gasteiger charge is -2.28. The van der Waals surface area contributed by atoms with Gasteiger partial charge in [0.1, 0.15) is 11.3 Å². The Kier molecular flexibility index (Phi) is 8.92. The van der Waals surface area contributed by atoms with Gasteiger partial charge >= 0.3 is 12.1 Å². The standard InChI is InChI=1S/C29H25F3N4O4S/c1-17(2)36(26(37)20-7-5-18(3)6-8-20)24-10-9-21(14-22(24)27(38)39)40-25-23(29(30,31)32)13-19(15-35-25)16-41-28-33-11-4-12-34-28/h4-15,17H,16H2,1-3H3,(H,38,39). The van der Waals surface area contributed by atoms with Gasteiger partial charge < -0.3 is 14.7 Å². The molecule has 12 heteroatoms. The summed E-state index contributed by atoms with van der Waals surface area (Å²) in [6, 6.07) is 12.7. The maximum Gasteiger partial charge on any atom is 0.421 e. The molecule has 0 aliphatic heterocycles. The fourth-order valence-electron chi connectivity index (χ4n) is 3.90. The normalized spacial score (nSPS) is 11.4. The minimum absolute atomic E-state index is 0.0740. The summed E-state index contributed by atoms with van der Waals surface area (Å²) in [7, 11) is 0. The molecule has 2 heterocycles. The van der Waals surface area contributed by atoms with E-state index < -0.39 is 35.5 Å². The van der Waals surface area contributed by atoms with E-state index in [1.54, 1.807) is 44.2 Å². The molecule has 0 fully saturated rings. The van der Waals surface area contributed by atoms with E-state index in [4.69, 9.17) is 4.74 Å². The first-order valence-electron chi connectivity index (χ1n) is 12.4. The van der Waals surface area contributed by atoms with Gasteiger partial charge in [-0.3, -0.25) is 4.79 Å². The number of halogens is 3. The number of carboxylic acids is 1. The number of aryl methyl sites for hydroxylation is 1. The number of aromatic nitrogens is 3. The largest absolute Gasteiger partial charge is 0.478 e. The van der Waals surface area contributed by atoms with Crippen LogP contribution in [0.2, 0.25) is 0 Å². The van der Waals surface area contributed by atoms with E-state index in [1.165, 1.54) is 35.6 Å². The van der Waals surface area contributed by atoms with E-state index in [-0.39, 0.29) is 28.3 Å². The highest BCUT2D eigenvalue weighted by Gasteiger charge is 2.36. The molecular weight excluding hydrogens is 557 g/mol. The second-order valence-electron chi connectivity index (χ2n) is 9.24. The van der Waals surface area contributed by atoms with Crippen molar-refractivity contribution in [3.63, 3.8) is 0 Å². The molecule has 2 aromatic heterocycles. The predicted molar refractivity (Wildman–Crippen MR) is 147 cm³/mol. The maximum atomic E-state index is 13.9. The highest BCUT2D eigenvalue weighted by molar-refractivity contribution is 7.98. The summed E-state index contributed by atoms with van der Waals surface area (Å²) in [4.78, 5) is 38.8. The summed E-state index contributed by atoms with van der Waals surface area (Å²) < 4.78 is 47.3. The summed E-state index contributed by atoms with van der Waals surface area (Å²) in [5.41, 5.74) is 0.215. The lowest BCUT2D eigenvalue weighted by Crippen LogP contribution is -2.38. The summed E-state index contributed by atoms with van der Waals surface area (Å²) in [5, 5.41) is 10.3. The molecule has 212 valence electrons. The number of carboxylic acid groups (broad SMARTS) is 1. The van der Waals surface area contributed by atoms with Crippen molar-refractivity contribution in [1.29, 1.82) is 0 Å². The molecule has 0 aliphatic carbocycles. The van der Waals surface area contributed by atoms with E-state index in [1.807, 2.05) is 6.92 Å². The molecule has 2 aromatic carbocycles. The van der Waals surface area contributed by atoms with Crippen LogP contribution in [0.4, 0.5) is 18.9 Å². The van der Waals surface area contributed by atoms with Crippen molar-refractivity contribution < 1.29 is 32.6 Å². The summed E-state index contributed by atoms with van der Waals surface area (Å²) in [6.45, 7) is 5.33. The number of aromatic carboxylic acids is 1. The van der Waals surface area contributed by atoms with Crippen molar-refractivity contribution in [2.75, 3.05) is 4.90 Å². The average Bonchev–Trinajstić information content (AvgIpc) is 2.93. The number of nitrogens with zero attached hydrogens (tertiary/aromatic N) is 4. The monoisotopic (exact) mass is 582 g/mol. The van der Waals surface area contributed by atoms with Gasteiger partial charge in [0, 0.05) is 35.9 Å². The lowest BCUT2D eigenvalue weighted by molar-refractivity contribution is -0.138. The molecule has 41 heavy (non-hydrogen) atoms. The topological polar surface area (TPSA) is 106 Å². The van der Waals surface area contributed by atoms with Crippen molar-refractivity contribution >= 4 is 29.3 Å². The molecular formula is C29H25F3N4O4S. The van der Waals surface area contributed by atoms with Crippen molar-refractivity contribution in [2.45, 2.75) is 43.9 Å². The summed E-state index contributed by atoms with van der Waals surface area (Å²) >= 11 is 1.15. The number of carbonyl (C=O) groups is 2. The van der Waals surface area contributed by atoms with E-state index in [2.05, 4.69) is 15.0 Å². The zero-order valence-electron chi connectivity index (χ0n) is 22.2. The number of alkyl halides is 3. The van der Waals surface area contributed by atoms with Gasteiger partial charge in [0.05, 0.1) is 11.3 Å². The van der Waals surface area contributed by atoms with E-state index in [0.29, 0.717) is 10.7 Å². The molecule has 1 amide bonds. The smallest absolute Gasteiger partial charge is 0.421 e. The summed E-state index contributed by atoms with van der Waals surface area (Å²) in [5.74, 6) is -2.59. The highest BCUT2D eigenvalue weighted by atomic mass is 32.2. The predicted octanol–water partition coefficient (Wildman–Crippen LogP) is 7.04. The van der Waals surface area contributed by atoms with Crippen LogP contribution in [0.15, 0.2) is 78.3 Å². The van der Waals surface area contributed by atoms with Gasteiger partial charge in [-0.2, -0.15) is 13.2 Å². The van der Waals surface area contributed by atoms with Crippen LogP contribution in [0.25, 0.3) is 0 Å².